The first-order valence-electron chi connectivity index (χ1n) is 7.94. The number of para-hydroxylation sites is 1. The van der Waals surface area contributed by atoms with Crippen molar-refractivity contribution in [2.45, 2.75) is 12.5 Å². The van der Waals surface area contributed by atoms with Crippen LogP contribution in [0.3, 0.4) is 0 Å². The van der Waals surface area contributed by atoms with Gasteiger partial charge in [-0.25, -0.2) is 8.42 Å². The standard InChI is InChI=1S/C19H20N2O2S/c22-24(23)15-13-19(16-24)21(18-11-5-2-6-12-18)20-14-7-10-17-8-3-1-4-9-17/h1-12,14,19H,13,15-16H2/b10-7+,20-14-. The van der Waals surface area contributed by atoms with Gasteiger partial charge in [0.05, 0.1) is 23.2 Å². The van der Waals surface area contributed by atoms with Gasteiger partial charge in [-0.05, 0) is 30.2 Å². The molecule has 0 aliphatic carbocycles. The summed E-state index contributed by atoms with van der Waals surface area (Å²) in [7, 11) is -2.96. The van der Waals surface area contributed by atoms with Gasteiger partial charge in [-0.15, -0.1) is 0 Å². The normalized spacial score (nSPS) is 19.9. The minimum atomic E-state index is -2.96. The van der Waals surface area contributed by atoms with Gasteiger partial charge in [0.2, 0.25) is 0 Å². The molecule has 1 aliphatic rings. The van der Waals surface area contributed by atoms with Crippen LogP contribution in [0.4, 0.5) is 5.69 Å². The summed E-state index contributed by atoms with van der Waals surface area (Å²) in [5.74, 6) is 0.387. The number of hydrazone groups is 1. The molecule has 0 amide bonds. The predicted molar refractivity (Wildman–Crippen MR) is 99.9 cm³/mol. The van der Waals surface area contributed by atoms with Crippen molar-refractivity contribution in [3.05, 3.63) is 72.3 Å². The van der Waals surface area contributed by atoms with Crippen LogP contribution in [0.15, 0.2) is 71.8 Å². The smallest absolute Gasteiger partial charge is 0.152 e. The molecule has 1 aliphatic heterocycles. The fourth-order valence-electron chi connectivity index (χ4n) is 2.75. The molecule has 0 bridgehead atoms. The van der Waals surface area contributed by atoms with E-state index in [4.69, 9.17) is 0 Å². The topological polar surface area (TPSA) is 49.7 Å². The summed E-state index contributed by atoms with van der Waals surface area (Å²) in [6.07, 6.45) is 6.16. The number of hydrogen-bond donors (Lipinski definition) is 0. The molecule has 1 heterocycles. The average Bonchev–Trinajstić information content (AvgIpc) is 2.96. The van der Waals surface area contributed by atoms with Crippen LogP contribution in [-0.2, 0) is 9.84 Å². The van der Waals surface area contributed by atoms with Crippen molar-refractivity contribution in [2.75, 3.05) is 16.5 Å². The molecule has 5 heteroatoms. The number of benzene rings is 2. The lowest BCUT2D eigenvalue weighted by Crippen LogP contribution is -2.31. The molecule has 124 valence electrons. The first kappa shape index (κ1) is 16.5. The maximum atomic E-state index is 11.8. The highest BCUT2D eigenvalue weighted by atomic mass is 32.2. The molecule has 4 nitrogen and oxygen atoms in total. The van der Waals surface area contributed by atoms with E-state index in [2.05, 4.69) is 5.10 Å². The lowest BCUT2D eigenvalue weighted by molar-refractivity contribution is 0.600. The molecular weight excluding hydrogens is 320 g/mol. The Labute approximate surface area is 143 Å². The SMILES string of the molecule is O=S1(=O)CCC(N(/N=C\C=C\c2ccccc2)c2ccccc2)C1. The van der Waals surface area contributed by atoms with Crippen molar-refractivity contribution in [2.24, 2.45) is 5.10 Å². The maximum absolute atomic E-state index is 11.8. The summed E-state index contributed by atoms with van der Waals surface area (Å²) in [4.78, 5) is 0. The number of hydrogen-bond acceptors (Lipinski definition) is 4. The number of rotatable bonds is 5. The maximum Gasteiger partial charge on any atom is 0.152 e. The Morgan fingerprint density at radius 2 is 1.67 bits per heavy atom. The third-order valence-corrected chi connectivity index (χ3v) is 5.69. The van der Waals surface area contributed by atoms with Crippen molar-refractivity contribution in [1.82, 2.24) is 0 Å². The van der Waals surface area contributed by atoms with Crippen LogP contribution in [0.2, 0.25) is 0 Å². The van der Waals surface area contributed by atoms with E-state index in [1.807, 2.05) is 77.8 Å². The molecule has 0 saturated carbocycles. The molecule has 1 saturated heterocycles. The van der Waals surface area contributed by atoms with Gasteiger partial charge < -0.3 is 0 Å². The summed E-state index contributed by atoms with van der Waals surface area (Å²) >= 11 is 0. The molecule has 3 rings (SSSR count). The van der Waals surface area contributed by atoms with E-state index in [0.29, 0.717) is 6.42 Å². The van der Waals surface area contributed by atoms with Crippen molar-refractivity contribution in [3.63, 3.8) is 0 Å². The molecule has 24 heavy (non-hydrogen) atoms. The monoisotopic (exact) mass is 340 g/mol. The zero-order valence-corrected chi connectivity index (χ0v) is 14.1. The lowest BCUT2D eigenvalue weighted by Gasteiger charge is -2.24. The second-order valence-corrected chi connectivity index (χ2v) is 8.00. The summed E-state index contributed by atoms with van der Waals surface area (Å²) in [5.41, 5.74) is 2.00. The molecule has 2 aromatic rings. The summed E-state index contributed by atoms with van der Waals surface area (Å²) in [6, 6.07) is 19.6. The number of nitrogens with zero attached hydrogens (tertiary/aromatic N) is 2. The summed E-state index contributed by atoms with van der Waals surface area (Å²) in [5, 5.41) is 6.33. The summed E-state index contributed by atoms with van der Waals surface area (Å²) in [6.45, 7) is 0. The molecule has 0 spiro atoms. The van der Waals surface area contributed by atoms with E-state index in [1.54, 1.807) is 6.21 Å². The fourth-order valence-corrected chi connectivity index (χ4v) is 4.44. The number of allylic oxidation sites excluding steroid dienone is 1. The van der Waals surface area contributed by atoms with E-state index in [1.165, 1.54) is 0 Å². The molecule has 0 N–H and O–H groups in total. The van der Waals surface area contributed by atoms with Gasteiger partial charge in [-0.2, -0.15) is 5.10 Å². The van der Waals surface area contributed by atoms with Crippen LogP contribution >= 0.6 is 0 Å². The fraction of sp³-hybridized carbons (Fsp3) is 0.211. The van der Waals surface area contributed by atoms with Crippen LogP contribution < -0.4 is 5.01 Å². The van der Waals surface area contributed by atoms with Gasteiger partial charge in [0.1, 0.15) is 0 Å². The van der Waals surface area contributed by atoms with Crippen LogP contribution in [0, 0.1) is 0 Å². The zero-order chi connectivity index (χ0) is 16.8. The molecule has 1 atom stereocenters. The number of anilines is 1. The van der Waals surface area contributed by atoms with E-state index < -0.39 is 9.84 Å². The quantitative estimate of drug-likeness (QED) is 0.619. The highest BCUT2D eigenvalue weighted by Crippen LogP contribution is 2.24. The highest BCUT2D eigenvalue weighted by molar-refractivity contribution is 7.91. The predicted octanol–water partition coefficient (Wildman–Crippen LogP) is 3.38. The van der Waals surface area contributed by atoms with Gasteiger partial charge in [-0.1, -0.05) is 54.6 Å². The van der Waals surface area contributed by atoms with E-state index >= 15 is 0 Å². The molecule has 2 aromatic carbocycles. The average molecular weight is 340 g/mol. The van der Waals surface area contributed by atoms with Crippen molar-refractivity contribution in [1.29, 1.82) is 0 Å². The lowest BCUT2D eigenvalue weighted by atomic mass is 10.2. The molecule has 0 radical (unpaired) electrons. The summed E-state index contributed by atoms with van der Waals surface area (Å²) < 4.78 is 23.6. The first-order valence-corrected chi connectivity index (χ1v) is 9.77. The molecule has 0 aromatic heterocycles. The first-order chi connectivity index (χ1) is 11.6. The minimum absolute atomic E-state index is 0.112. The van der Waals surface area contributed by atoms with Crippen molar-refractivity contribution >= 4 is 27.8 Å². The van der Waals surface area contributed by atoms with Crippen molar-refractivity contribution in [3.8, 4) is 0 Å². The zero-order valence-electron chi connectivity index (χ0n) is 13.3. The van der Waals surface area contributed by atoms with Crippen LogP contribution in [0.1, 0.15) is 12.0 Å². The van der Waals surface area contributed by atoms with Gasteiger partial charge in [0, 0.05) is 6.21 Å². The van der Waals surface area contributed by atoms with Gasteiger partial charge in [0.15, 0.2) is 9.84 Å². The van der Waals surface area contributed by atoms with Gasteiger partial charge >= 0.3 is 0 Å². The van der Waals surface area contributed by atoms with Gasteiger partial charge in [0.25, 0.3) is 0 Å². The number of sulfone groups is 1. The minimum Gasteiger partial charge on any atom is -0.261 e. The Morgan fingerprint density at radius 3 is 2.29 bits per heavy atom. The Bertz CT molecular complexity index is 815. The Kier molecular flexibility index (Phi) is 5.11. The van der Waals surface area contributed by atoms with E-state index in [9.17, 15) is 8.42 Å². The highest BCUT2D eigenvalue weighted by Gasteiger charge is 2.32. The Hall–Kier alpha value is -2.40. The van der Waals surface area contributed by atoms with E-state index in [0.717, 1.165) is 11.3 Å². The van der Waals surface area contributed by atoms with Crippen LogP contribution in [0.5, 0.6) is 0 Å². The van der Waals surface area contributed by atoms with Crippen molar-refractivity contribution < 1.29 is 8.42 Å². The second kappa shape index (κ2) is 7.45. The molecular formula is C19H20N2O2S. The third-order valence-electron chi connectivity index (χ3n) is 3.94. The Morgan fingerprint density at radius 1 is 1.00 bits per heavy atom. The van der Waals surface area contributed by atoms with Gasteiger partial charge in [-0.3, -0.25) is 5.01 Å². The molecule has 1 fully saturated rings. The van der Waals surface area contributed by atoms with Crippen LogP contribution in [0.25, 0.3) is 6.08 Å². The van der Waals surface area contributed by atoms with Crippen LogP contribution in [-0.4, -0.2) is 32.2 Å². The largest absolute Gasteiger partial charge is 0.261 e. The second-order valence-electron chi connectivity index (χ2n) is 5.77. The third kappa shape index (κ3) is 4.32. The van der Waals surface area contributed by atoms with E-state index in [-0.39, 0.29) is 17.5 Å². The molecule has 1 unspecified atom stereocenters. The Balaban J connectivity index is 1.78.